The first-order chi connectivity index (χ1) is 11.6. The van der Waals surface area contributed by atoms with Crippen LogP contribution in [0, 0.1) is 23.2 Å². The third-order valence-corrected chi connectivity index (χ3v) is 7.14. The minimum Gasteiger partial charge on any atom is -0.339 e. The van der Waals surface area contributed by atoms with Crippen molar-refractivity contribution in [2.24, 2.45) is 30.2 Å². The molecule has 2 heterocycles. The molecular weight excluding hydrogens is 300 g/mol. The van der Waals surface area contributed by atoms with Gasteiger partial charge in [0, 0.05) is 45.6 Å². The Labute approximate surface area is 144 Å². The summed E-state index contributed by atoms with van der Waals surface area (Å²) in [6.07, 6.45) is 11.6. The Bertz CT molecular complexity index is 608. The van der Waals surface area contributed by atoms with Crippen molar-refractivity contribution in [3.63, 3.8) is 0 Å². The van der Waals surface area contributed by atoms with Crippen LogP contribution in [0.1, 0.15) is 38.5 Å². The Morgan fingerprint density at radius 2 is 1.62 bits per heavy atom. The fourth-order valence-electron chi connectivity index (χ4n) is 6.48. The second-order valence-corrected chi connectivity index (χ2v) is 8.82. The molecule has 1 saturated heterocycles. The highest BCUT2D eigenvalue weighted by Crippen LogP contribution is 2.60. The van der Waals surface area contributed by atoms with Crippen molar-refractivity contribution in [2.75, 3.05) is 31.1 Å². The molecule has 5 aliphatic rings. The summed E-state index contributed by atoms with van der Waals surface area (Å²) < 4.78 is 2.07. The van der Waals surface area contributed by atoms with Crippen LogP contribution in [0.2, 0.25) is 0 Å². The first-order valence-electron chi connectivity index (χ1n) is 9.65. The SMILES string of the molecule is Cn1ccnc1N1CCN(C(=O)C23CC4CC(CC(C4)C2)C3)CC1. The maximum Gasteiger partial charge on any atom is 0.228 e. The molecule has 0 unspecified atom stereocenters. The van der Waals surface area contributed by atoms with Crippen molar-refractivity contribution in [2.45, 2.75) is 38.5 Å². The van der Waals surface area contributed by atoms with Gasteiger partial charge in [0.25, 0.3) is 0 Å². The minimum absolute atomic E-state index is 0.0140. The van der Waals surface area contributed by atoms with Crippen LogP contribution in [0.4, 0.5) is 5.95 Å². The molecule has 4 bridgehead atoms. The highest BCUT2D eigenvalue weighted by molar-refractivity contribution is 5.83. The normalized spacial score (nSPS) is 38.0. The van der Waals surface area contributed by atoms with E-state index in [0.717, 1.165) is 49.9 Å². The molecule has 5 heteroatoms. The predicted octanol–water partition coefficient (Wildman–Crippen LogP) is 2.29. The van der Waals surface area contributed by atoms with E-state index in [1.54, 1.807) is 0 Å². The molecule has 0 N–H and O–H groups in total. The Morgan fingerprint density at radius 1 is 1.04 bits per heavy atom. The average Bonchev–Trinajstić information content (AvgIpc) is 2.99. The smallest absolute Gasteiger partial charge is 0.228 e. The van der Waals surface area contributed by atoms with Gasteiger partial charge in [0.2, 0.25) is 11.9 Å². The van der Waals surface area contributed by atoms with E-state index in [9.17, 15) is 4.79 Å². The summed E-state index contributed by atoms with van der Waals surface area (Å²) in [5.41, 5.74) is 0.0140. The van der Waals surface area contributed by atoms with Gasteiger partial charge in [-0.2, -0.15) is 0 Å². The second kappa shape index (κ2) is 5.24. The number of nitrogens with zero attached hydrogens (tertiary/aromatic N) is 4. The fourth-order valence-corrected chi connectivity index (χ4v) is 6.48. The van der Waals surface area contributed by atoms with Gasteiger partial charge in [-0.25, -0.2) is 4.98 Å². The van der Waals surface area contributed by atoms with E-state index in [-0.39, 0.29) is 5.41 Å². The molecule has 0 radical (unpaired) electrons. The monoisotopic (exact) mass is 328 g/mol. The molecule has 1 amide bonds. The summed E-state index contributed by atoms with van der Waals surface area (Å²) in [7, 11) is 2.04. The number of imidazole rings is 1. The average molecular weight is 328 g/mol. The lowest BCUT2D eigenvalue weighted by molar-refractivity contribution is -0.158. The second-order valence-electron chi connectivity index (χ2n) is 8.82. The Hall–Kier alpha value is -1.52. The van der Waals surface area contributed by atoms with Crippen molar-refractivity contribution in [1.82, 2.24) is 14.5 Å². The molecule has 0 aromatic carbocycles. The molecule has 130 valence electrons. The Morgan fingerprint density at radius 3 is 2.12 bits per heavy atom. The van der Waals surface area contributed by atoms with Crippen LogP contribution in [0.15, 0.2) is 12.4 Å². The van der Waals surface area contributed by atoms with Crippen LogP contribution in [-0.2, 0) is 11.8 Å². The first-order valence-corrected chi connectivity index (χ1v) is 9.65. The number of piperazine rings is 1. The highest BCUT2D eigenvalue weighted by Gasteiger charge is 2.55. The van der Waals surface area contributed by atoms with E-state index in [0.29, 0.717) is 5.91 Å². The number of carbonyl (C=O) groups excluding carboxylic acids is 1. The standard InChI is InChI=1S/C19H28N4O/c1-21-3-2-20-18(21)23-6-4-22(5-7-23)17(24)19-11-14-8-15(12-19)10-16(9-14)13-19/h2-3,14-16H,4-13H2,1H3. The molecule has 6 rings (SSSR count). The highest BCUT2D eigenvalue weighted by atomic mass is 16.2. The molecule has 1 aromatic rings. The zero-order valence-corrected chi connectivity index (χ0v) is 14.7. The van der Waals surface area contributed by atoms with Gasteiger partial charge in [-0.1, -0.05) is 0 Å². The maximum absolute atomic E-state index is 13.4. The van der Waals surface area contributed by atoms with Crippen LogP contribution in [0.3, 0.4) is 0 Å². The van der Waals surface area contributed by atoms with E-state index in [4.69, 9.17) is 0 Å². The quantitative estimate of drug-likeness (QED) is 0.836. The number of hydrogen-bond donors (Lipinski definition) is 0. The summed E-state index contributed by atoms with van der Waals surface area (Å²) in [6.45, 7) is 3.52. The lowest BCUT2D eigenvalue weighted by Crippen LogP contribution is -2.58. The number of hydrogen-bond acceptors (Lipinski definition) is 3. The number of anilines is 1. The minimum atomic E-state index is 0.0140. The van der Waals surface area contributed by atoms with Crippen molar-refractivity contribution in [3.05, 3.63) is 12.4 Å². The third-order valence-electron chi connectivity index (χ3n) is 7.14. The molecule has 1 aliphatic heterocycles. The summed E-state index contributed by atoms with van der Waals surface area (Å²) in [4.78, 5) is 22.3. The molecular formula is C19H28N4O. The molecule has 5 nitrogen and oxygen atoms in total. The largest absolute Gasteiger partial charge is 0.339 e. The van der Waals surface area contributed by atoms with Crippen molar-refractivity contribution >= 4 is 11.9 Å². The topological polar surface area (TPSA) is 41.4 Å². The van der Waals surface area contributed by atoms with Crippen LogP contribution < -0.4 is 4.90 Å². The summed E-state index contributed by atoms with van der Waals surface area (Å²) in [5, 5.41) is 0. The number of aromatic nitrogens is 2. The van der Waals surface area contributed by atoms with Gasteiger partial charge in [-0.3, -0.25) is 4.79 Å². The van der Waals surface area contributed by atoms with Gasteiger partial charge in [0.1, 0.15) is 0 Å². The zero-order valence-electron chi connectivity index (χ0n) is 14.7. The van der Waals surface area contributed by atoms with Gasteiger partial charge in [-0.15, -0.1) is 0 Å². The number of rotatable bonds is 2. The molecule has 0 spiro atoms. The van der Waals surface area contributed by atoms with E-state index >= 15 is 0 Å². The van der Waals surface area contributed by atoms with Crippen molar-refractivity contribution in [1.29, 1.82) is 0 Å². The van der Waals surface area contributed by atoms with E-state index in [1.807, 2.05) is 19.4 Å². The van der Waals surface area contributed by atoms with Gasteiger partial charge in [0.15, 0.2) is 0 Å². The van der Waals surface area contributed by atoms with Gasteiger partial charge < -0.3 is 14.4 Å². The van der Waals surface area contributed by atoms with Crippen molar-refractivity contribution < 1.29 is 4.79 Å². The number of carbonyl (C=O) groups is 1. The van der Waals surface area contributed by atoms with Gasteiger partial charge >= 0.3 is 0 Å². The Kier molecular flexibility index (Phi) is 3.23. The third kappa shape index (κ3) is 2.20. The molecule has 1 aromatic heterocycles. The van der Waals surface area contributed by atoms with Gasteiger partial charge in [0.05, 0.1) is 5.41 Å². The molecule has 0 atom stereocenters. The van der Waals surface area contributed by atoms with Crippen LogP contribution in [0.25, 0.3) is 0 Å². The maximum atomic E-state index is 13.4. The van der Waals surface area contributed by atoms with Crippen LogP contribution in [-0.4, -0.2) is 46.5 Å². The lowest BCUT2D eigenvalue weighted by Gasteiger charge is -2.57. The summed E-state index contributed by atoms with van der Waals surface area (Å²) in [6, 6.07) is 0. The predicted molar refractivity (Wildman–Crippen MR) is 92.6 cm³/mol. The lowest BCUT2D eigenvalue weighted by atomic mass is 9.49. The molecule has 4 aliphatic carbocycles. The fraction of sp³-hybridized carbons (Fsp3) is 0.789. The first kappa shape index (κ1) is 14.8. The summed E-state index contributed by atoms with van der Waals surface area (Å²) >= 11 is 0. The number of amides is 1. The summed E-state index contributed by atoms with van der Waals surface area (Å²) in [5.74, 6) is 4.04. The van der Waals surface area contributed by atoms with E-state index in [1.165, 1.54) is 38.5 Å². The zero-order chi connectivity index (χ0) is 16.3. The van der Waals surface area contributed by atoms with E-state index < -0.39 is 0 Å². The van der Waals surface area contributed by atoms with E-state index in [2.05, 4.69) is 19.4 Å². The molecule has 4 saturated carbocycles. The van der Waals surface area contributed by atoms with Crippen molar-refractivity contribution in [3.8, 4) is 0 Å². The molecule has 5 fully saturated rings. The Balaban J connectivity index is 1.28. The van der Waals surface area contributed by atoms with Crippen LogP contribution >= 0.6 is 0 Å². The molecule has 24 heavy (non-hydrogen) atoms. The number of aryl methyl sites for hydroxylation is 1. The van der Waals surface area contributed by atoms with Gasteiger partial charge in [-0.05, 0) is 56.3 Å². The van der Waals surface area contributed by atoms with Crippen LogP contribution in [0.5, 0.6) is 0 Å².